The van der Waals surface area contributed by atoms with Gasteiger partial charge in [-0.05, 0) is 31.1 Å². The maximum Gasteiger partial charge on any atom is 0.138 e. The summed E-state index contributed by atoms with van der Waals surface area (Å²) in [5.74, 6) is 6.96. The van der Waals surface area contributed by atoms with Crippen molar-refractivity contribution in [3.63, 3.8) is 0 Å². The first-order valence-electron chi connectivity index (χ1n) is 5.61. The van der Waals surface area contributed by atoms with Gasteiger partial charge in [0.25, 0.3) is 0 Å². The van der Waals surface area contributed by atoms with Crippen molar-refractivity contribution in [1.29, 1.82) is 0 Å². The third kappa shape index (κ3) is 3.07. The van der Waals surface area contributed by atoms with E-state index < -0.39 is 0 Å². The fourth-order valence-corrected chi connectivity index (χ4v) is 2.34. The zero-order valence-electron chi connectivity index (χ0n) is 9.28. The van der Waals surface area contributed by atoms with Crippen molar-refractivity contribution < 1.29 is 4.79 Å². The molecule has 1 rings (SSSR count). The number of nitrogens with zero attached hydrogens (tertiary/aromatic N) is 1. The maximum absolute atomic E-state index is 11.0. The van der Waals surface area contributed by atoms with Crippen molar-refractivity contribution in [3.8, 4) is 0 Å². The molecule has 1 fully saturated rings. The maximum atomic E-state index is 11.0. The molecule has 0 aromatic carbocycles. The SMILES string of the molecule is CC(C)C[C@@H]1CCCCN(N)C1C=O. The number of carbonyl (C=O) groups is 1. The first-order chi connectivity index (χ1) is 6.65. The molecule has 0 aromatic heterocycles. The third-order valence-electron chi connectivity index (χ3n) is 3.02. The zero-order valence-corrected chi connectivity index (χ0v) is 9.28. The predicted molar refractivity (Wildman–Crippen MR) is 57.5 cm³/mol. The molecular weight excluding hydrogens is 176 g/mol. The molecule has 0 saturated carbocycles. The van der Waals surface area contributed by atoms with Crippen molar-refractivity contribution >= 4 is 6.29 Å². The highest BCUT2D eigenvalue weighted by Gasteiger charge is 2.27. The predicted octanol–water partition coefficient (Wildman–Crippen LogP) is 1.58. The van der Waals surface area contributed by atoms with Crippen LogP contribution in [0.25, 0.3) is 0 Å². The largest absolute Gasteiger partial charge is 0.302 e. The quantitative estimate of drug-likeness (QED) is 0.553. The molecule has 82 valence electrons. The second-order valence-corrected chi connectivity index (χ2v) is 4.75. The number of rotatable bonds is 3. The Kier molecular flexibility index (Phi) is 4.55. The Morgan fingerprint density at radius 1 is 1.50 bits per heavy atom. The van der Waals surface area contributed by atoms with Gasteiger partial charge in [0.05, 0.1) is 6.04 Å². The van der Waals surface area contributed by atoms with Crippen molar-refractivity contribution in [2.24, 2.45) is 17.7 Å². The van der Waals surface area contributed by atoms with E-state index in [0.29, 0.717) is 11.8 Å². The summed E-state index contributed by atoms with van der Waals surface area (Å²) < 4.78 is 0. The van der Waals surface area contributed by atoms with Crippen molar-refractivity contribution in [2.75, 3.05) is 6.54 Å². The summed E-state index contributed by atoms with van der Waals surface area (Å²) in [6.45, 7) is 5.26. The average Bonchev–Trinajstić information content (AvgIpc) is 2.27. The van der Waals surface area contributed by atoms with Crippen LogP contribution in [0.4, 0.5) is 0 Å². The fraction of sp³-hybridized carbons (Fsp3) is 0.909. The third-order valence-corrected chi connectivity index (χ3v) is 3.02. The number of hydrazine groups is 1. The molecule has 0 aromatic rings. The molecule has 2 N–H and O–H groups in total. The van der Waals surface area contributed by atoms with Gasteiger partial charge in [-0.3, -0.25) is 5.84 Å². The lowest BCUT2D eigenvalue weighted by Crippen LogP contribution is -2.45. The van der Waals surface area contributed by atoms with Gasteiger partial charge in [-0.25, -0.2) is 5.01 Å². The van der Waals surface area contributed by atoms with Crippen LogP contribution in [0.3, 0.4) is 0 Å². The second-order valence-electron chi connectivity index (χ2n) is 4.75. The van der Waals surface area contributed by atoms with E-state index in [1.54, 1.807) is 5.01 Å². The summed E-state index contributed by atoms with van der Waals surface area (Å²) in [7, 11) is 0. The minimum atomic E-state index is -0.0556. The highest BCUT2D eigenvalue weighted by atomic mass is 16.1. The van der Waals surface area contributed by atoms with Crippen molar-refractivity contribution in [2.45, 2.75) is 45.6 Å². The molecule has 0 aliphatic carbocycles. The van der Waals surface area contributed by atoms with E-state index in [4.69, 9.17) is 5.84 Å². The molecule has 1 saturated heterocycles. The minimum absolute atomic E-state index is 0.0556. The minimum Gasteiger partial charge on any atom is -0.302 e. The van der Waals surface area contributed by atoms with Crippen LogP contribution in [0.2, 0.25) is 0 Å². The molecule has 2 atom stereocenters. The average molecular weight is 198 g/mol. The van der Waals surface area contributed by atoms with Gasteiger partial charge in [0.15, 0.2) is 0 Å². The zero-order chi connectivity index (χ0) is 10.6. The van der Waals surface area contributed by atoms with Crippen LogP contribution in [0, 0.1) is 11.8 Å². The fourth-order valence-electron chi connectivity index (χ4n) is 2.34. The summed E-state index contributed by atoms with van der Waals surface area (Å²) in [6, 6.07) is -0.0556. The first kappa shape index (κ1) is 11.7. The number of aldehydes is 1. The van der Waals surface area contributed by atoms with Crippen LogP contribution < -0.4 is 5.84 Å². The topological polar surface area (TPSA) is 46.3 Å². The monoisotopic (exact) mass is 198 g/mol. The van der Waals surface area contributed by atoms with E-state index in [0.717, 1.165) is 32.1 Å². The molecule has 1 heterocycles. The Morgan fingerprint density at radius 3 is 2.79 bits per heavy atom. The summed E-state index contributed by atoms with van der Waals surface area (Å²) in [5.41, 5.74) is 0. The van der Waals surface area contributed by atoms with Crippen LogP contribution in [0.15, 0.2) is 0 Å². The Balaban J connectivity index is 2.62. The molecule has 0 radical (unpaired) electrons. The number of carbonyl (C=O) groups excluding carboxylic acids is 1. The van der Waals surface area contributed by atoms with Crippen molar-refractivity contribution in [3.05, 3.63) is 0 Å². The van der Waals surface area contributed by atoms with E-state index in [1.807, 2.05) is 0 Å². The Labute approximate surface area is 86.6 Å². The van der Waals surface area contributed by atoms with E-state index in [9.17, 15) is 4.79 Å². The summed E-state index contributed by atoms with van der Waals surface area (Å²) in [5, 5.41) is 1.73. The van der Waals surface area contributed by atoms with E-state index in [-0.39, 0.29) is 6.04 Å². The number of hydrogen-bond acceptors (Lipinski definition) is 3. The van der Waals surface area contributed by atoms with Crippen LogP contribution in [-0.2, 0) is 4.79 Å². The molecule has 0 amide bonds. The molecule has 1 unspecified atom stereocenters. The van der Waals surface area contributed by atoms with Gasteiger partial charge in [-0.15, -0.1) is 0 Å². The van der Waals surface area contributed by atoms with Gasteiger partial charge >= 0.3 is 0 Å². The Morgan fingerprint density at radius 2 is 2.21 bits per heavy atom. The van der Waals surface area contributed by atoms with Gasteiger partial charge in [0, 0.05) is 6.54 Å². The van der Waals surface area contributed by atoms with E-state index in [1.165, 1.54) is 6.42 Å². The molecule has 1 aliphatic heterocycles. The van der Waals surface area contributed by atoms with Crippen LogP contribution in [0.5, 0.6) is 0 Å². The molecule has 14 heavy (non-hydrogen) atoms. The number of nitrogens with two attached hydrogens (primary N) is 1. The summed E-state index contributed by atoms with van der Waals surface area (Å²) in [6.07, 6.45) is 5.61. The normalized spacial score (nSPS) is 30.3. The summed E-state index contributed by atoms with van der Waals surface area (Å²) >= 11 is 0. The highest BCUT2D eigenvalue weighted by molar-refractivity contribution is 5.58. The molecule has 0 spiro atoms. The Bertz CT molecular complexity index is 182. The molecule has 0 bridgehead atoms. The molecule has 3 nitrogen and oxygen atoms in total. The van der Waals surface area contributed by atoms with Gasteiger partial charge in [-0.2, -0.15) is 0 Å². The molecule has 1 aliphatic rings. The molecule has 3 heteroatoms. The standard InChI is InChI=1S/C11H22N2O/c1-9(2)7-10-5-3-4-6-13(12)11(10)8-14/h8-11H,3-7,12H2,1-2H3/t10-,11?/m0/s1. The van der Waals surface area contributed by atoms with E-state index >= 15 is 0 Å². The second kappa shape index (κ2) is 5.47. The first-order valence-corrected chi connectivity index (χ1v) is 5.61. The van der Waals surface area contributed by atoms with E-state index in [2.05, 4.69) is 13.8 Å². The van der Waals surface area contributed by atoms with Gasteiger partial charge in [0.1, 0.15) is 6.29 Å². The highest BCUT2D eigenvalue weighted by Crippen LogP contribution is 2.25. The van der Waals surface area contributed by atoms with Crippen LogP contribution in [-0.4, -0.2) is 23.9 Å². The lowest BCUT2D eigenvalue weighted by atomic mass is 9.88. The lowest BCUT2D eigenvalue weighted by Gasteiger charge is -2.28. The van der Waals surface area contributed by atoms with Gasteiger partial charge in [0.2, 0.25) is 0 Å². The Hall–Kier alpha value is -0.410. The smallest absolute Gasteiger partial charge is 0.138 e. The lowest BCUT2D eigenvalue weighted by molar-refractivity contribution is -0.114. The van der Waals surface area contributed by atoms with Crippen LogP contribution in [0.1, 0.15) is 39.5 Å². The summed E-state index contributed by atoms with van der Waals surface area (Å²) in [4.78, 5) is 11.0. The van der Waals surface area contributed by atoms with Crippen molar-refractivity contribution in [1.82, 2.24) is 5.01 Å². The number of hydrogen-bond donors (Lipinski definition) is 1. The molecular formula is C11H22N2O. The van der Waals surface area contributed by atoms with Crippen LogP contribution >= 0.6 is 0 Å². The van der Waals surface area contributed by atoms with Gasteiger partial charge < -0.3 is 4.79 Å². The van der Waals surface area contributed by atoms with Gasteiger partial charge in [-0.1, -0.05) is 20.3 Å².